The summed E-state index contributed by atoms with van der Waals surface area (Å²) >= 11 is 0. The van der Waals surface area contributed by atoms with E-state index in [4.69, 9.17) is 4.74 Å². The van der Waals surface area contributed by atoms with Gasteiger partial charge in [-0.05, 0) is 37.5 Å². The monoisotopic (exact) mass is 394 g/mol. The van der Waals surface area contributed by atoms with E-state index in [-0.39, 0.29) is 17.7 Å². The van der Waals surface area contributed by atoms with Crippen LogP contribution in [-0.2, 0) is 9.59 Å². The molecule has 2 atom stereocenters. The molecular formula is C24H30N2O3. The van der Waals surface area contributed by atoms with E-state index in [2.05, 4.69) is 19.2 Å². The number of para-hydroxylation sites is 1. The average Bonchev–Trinajstić information content (AvgIpc) is 2.72. The van der Waals surface area contributed by atoms with Gasteiger partial charge in [0, 0.05) is 24.2 Å². The Morgan fingerprint density at radius 1 is 1.17 bits per heavy atom. The Morgan fingerprint density at radius 3 is 2.52 bits per heavy atom. The van der Waals surface area contributed by atoms with Crippen molar-refractivity contribution in [2.75, 3.05) is 18.6 Å². The summed E-state index contributed by atoms with van der Waals surface area (Å²) < 4.78 is 5.59. The molecule has 2 unspecified atom stereocenters. The molecule has 0 saturated carbocycles. The molecule has 0 aromatic heterocycles. The van der Waals surface area contributed by atoms with Crippen LogP contribution in [0, 0.1) is 18.8 Å². The molecule has 1 aliphatic rings. The van der Waals surface area contributed by atoms with Gasteiger partial charge in [0.2, 0.25) is 11.8 Å². The number of nitrogens with one attached hydrogen (secondary N) is 1. The van der Waals surface area contributed by atoms with E-state index in [9.17, 15) is 9.59 Å². The predicted octanol–water partition coefficient (Wildman–Crippen LogP) is 4.26. The summed E-state index contributed by atoms with van der Waals surface area (Å²) in [6, 6.07) is 15.1. The number of rotatable bonds is 6. The van der Waals surface area contributed by atoms with Gasteiger partial charge in [-0.15, -0.1) is 0 Å². The van der Waals surface area contributed by atoms with Crippen molar-refractivity contribution in [3.63, 3.8) is 0 Å². The van der Waals surface area contributed by atoms with E-state index < -0.39 is 6.04 Å². The maximum Gasteiger partial charge on any atom is 0.227 e. The molecule has 5 heteroatoms. The Labute approximate surface area is 173 Å². The van der Waals surface area contributed by atoms with Crippen molar-refractivity contribution in [3.8, 4) is 5.75 Å². The highest BCUT2D eigenvalue weighted by Crippen LogP contribution is 2.43. The normalized spacial score (nSPS) is 19.3. The number of hydrogen-bond acceptors (Lipinski definition) is 3. The van der Waals surface area contributed by atoms with Gasteiger partial charge in [-0.3, -0.25) is 9.59 Å². The average molecular weight is 395 g/mol. The number of piperidine rings is 1. The minimum Gasteiger partial charge on any atom is -0.496 e. The molecule has 2 amide bonds. The predicted molar refractivity (Wildman–Crippen MR) is 115 cm³/mol. The van der Waals surface area contributed by atoms with Gasteiger partial charge in [0.05, 0.1) is 19.1 Å². The third-order valence-electron chi connectivity index (χ3n) is 5.39. The minimum atomic E-state index is -0.415. The van der Waals surface area contributed by atoms with Gasteiger partial charge < -0.3 is 15.0 Å². The van der Waals surface area contributed by atoms with Gasteiger partial charge in [-0.2, -0.15) is 0 Å². The second-order valence-corrected chi connectivity index (χ2v) is 8.07. The lowest BCUT2D eigenvalue weighted by atomic mass is 9.82. The Kier molecular flexibility index (Phi) is 6.57. The van der Waals surface area contributed by atoms with Crippen molar-refractivity contribution in [1.82, 2.24) is 5.32 Å². The van der Waals surface area contributed by atoms with Crippen LogP contribution in [0.4, 0.5) is 5.69 Å². The number of benzene rings is 2. The highest BCUT2D eigenvalue weighted by Gasteiger charge is 2.42. The fourth-order valence-electron chi connectivity index (χ4n) is 3.88. The molecule has 2 aromatic carbocycles. The van der Waals surface area contributed by atoms with E-state index in [1.807, 2.05) is 55.5 Å². The summed E-state index contributed by atoms with van der Waals surface area (Å²) in [5, 5.41) is 3.07. The highest BCUT2D eigenvalue weighted by molar-refractivity contribution is 5.97. The topological polar surface area (TPSA) is 58.6 Å². The lowest BCUT2D eigenvalue weighted by Gasteiger charge is -2.41. The third-order valence-corrected chi connectivity index (χ3v) is 5.39. The maximum absolute atomic E-state index is 13.1. The van der Waals surface area contributed by atoms with E-state index in [1.165, 1.54) is 0 Å². The number of carbonyl (C=O) groups excluding carboxylic acids is 2. The van der Waals surface area contributed by atoms with Crippen LogP contribution in [0.15, 0.2) is 48.5 Å². The summed E-state index contributed by atoms with van der Waals surface area (Å²) in [5.74, 6) is 0.717. The molecule has 2 aromatic rings. The molecule has 1 heterocycles. The summed E-state index contributed by atoms with van der Waals surface area (Å²) in [6.45, 7) is 6.77. The van der Waals surface area contributed by atoms with Gasteiger partial charge in [-0.1, -0.05) is 49.7 Å². The summed E-state index contributed by atoms with van der Waals surface area (Å²) in [5.41, 5.74) is 2.78. The number of nitrogens with zero attached hydrogens (tertiary/aromatic N) is 1. The molecule has 1 aliphatic heterocycles. The molecule has 5 nitrogen and oxygen atoms in total. The summed E-state index contributed by atoms with van der Waals surface area (Å²) in [7, 11) is 1.62. The molecule has 0 spiro atoms. The van der Waals surface area contributed by atoms with E-state index >= 15 is 0 Å². The van der Waals surface area contributed by atoms with Crippen LogP contribution in [0.5, 0.6) is 5.75 Å². The van der Waals surface area contributed by atoms with Crippen LogP contribution in [0.3, 0.4) is 0 Å². The Hall–Kier alpha value is -2.82. The van der Waals surface area contributed by atoms with Gasteiger partial charge >= 0.3 is 0 Å². The van der Waals surface area contributed by atoms with Crippen LogP contribution >= 0.6 is 0 Å². The lowest BCUT2D eigenvalue weighted by molar-refractivity contribution is -0.129. The first-order valence-corrected chi connectivity index (χ1v) is 10.2. The van der Waals surface area contributed by atoms with Gasteiger partial charge in [-0.25, -0.2) is 0 Å². The fraction of sp³-hybridized carbons (Fsp3) is 0.417. The fourth-order valence-corrected chi connectivity index (χ4v) is 3.88. The molecular weight excluding hydrogens is 364 g/mol. The van der Waals surface area contributed by atoms with E-state index in [0.29, 0.717) is 31.1 Å². The zero-order chi connectivity index (χ0) is 21.0. The molecule has 29 heavy (non-hydrogen) atoms. The Bertz CT molecular complexity index is 861. The molecule has 3 rings (SSSR count). The Balaban J connectivity index is 2.07. The minimum absolute atomic E-state index is 0.0146. The van der Waals surface area contributed by atoms with E-state index in [0.717, 1.165) is 16.8 Å². The van der Waals surface area contributed by atoms with Crippen molar-refractivity contribution >= 4 is 17.5 Å². The van der Waals surface area contributed by atoms with Crippen molar-refractivity contribution in [2.45, 2.75) is 39.7 Å². The number of hydrogen-bond donors (Lipinski definition) is 1. The van der Waals surface area contributed by atoms with Crippen molar-refractivity contribution < 1.29 is 14.3 Å². The standard InChI is InChI=1S/C24H30N2O3/c1-16(2)15-25-24(28)20-13-14-22(27)26(18-11-9-17(3)10-12-18)23(20)19-7-5-6-8-21(19)29-4/h5-12,16,20,23H,13-15H2,1-4H3,(H,25,28). The number of carbonyl (C=O) groups is 2. The van der Waals surface area contributed by atoms with Crippen molar-refractivity contribution in [3.05, 3.63) is 59.7 Å². The Morgan fingerprint density at radius 2 is 1.86 bits per heavy atom. The number of aryl methyl sites for hydroxylation is 1. The second-order valence-electron chi connectivity index (χ2n) is 8.07. The smallest absolute Gasteiger partial charge is 0.227 e. The summed E-state index contributed by atoms with van der Waals surface area (Å²) in [6.07, 6.45) is 0.868. The van der Waals surface area contributed by atoms with Crippen molar-refractivity contribution in [2.24, 2.45) is 11.8 Å². The first-order chi connectivity index (χ1) is 13.9. The van der Waals surface area contributed by atoms with Crippen molar-refractivity contribution in [1.29, 1.82) is 0 Å². The van der Waals surface area contributed by atoms with Gasteiger partial charge in [0.1, 0.15) is 5.75 Å². The van der Waals surface area contributed by atoms with Crippen LogP contribution in [0.2, 0.25) is 0 Å². The molecule has 0 aliphatic carbocycles. The molecule has 0 radical (unpaired) electrons. The molecule has 1 saturated heterocycles. The molecule has 154 valence electrons. The highest BCUT2D eigenvalue weighted by atomic mass is 16.5. The van der Waals surface area contributed by atoms with Crippen LogP contribution in [0.1, 0.15) is 43.9 Å². The molecule has 0 bridgehead atoms. The van der Waals surface area contributed by atoms with Gasteiger partial charge in [0.25, 0.3) is 0 Å². The quantitative estimate of drug-likeness (QED) is 0.796. The number of methoxy groups -OCH3 is 1. The van der Waals surface area contributed by atoms with Gasteiger partial charge in [0.15, 0.2) is 0 Å². The third kappa shape index (κ3) is 4.61. The maximum atomic E-state index is 13.1. The van der Waals surface area contributed by atoms with E-state index in [1.54, 1.807) is 12.0 Å². The van der Waals surface area contributed by atoms with Crippen LogP contribution in [-0.4, -0.2) is 25.5 Å². The zero-order valence-corrected chi connectivity index (χ0v) is 17.6. The number of amides is 2. The summed E-state index contributed by atoms with van der Waals surface area (Å²) in [4.78, 5) is 28.0. The molecule has 1 fully saturated rings. The van der Waals surface area contributed by atoms with Crippen LogP contribution < -0.4 is 15.0 Å². The van der Waals surface area contributed by atoms with Crippen LogP contribution in [0.25, 0.3) is 0 Å². The first-order valence-electron chi connectivity index (χ1n) is 10.2. The lowest BCUT2D eigenvalue weighted by Crippen LogP contribution is -2.48. The first kappa shape index (κ1) is 20.9. The SMILES string of the molecule is COc1ccccc1C1C(C(=O)NCC(C)C)CCC(=O)N1c1ccc(C)cc1. The zero-order valence-electron chi connectivity index (χ0n) is 17.6. The second kappa shape index (κ2) is 9.12. The number of anilines is 1. The largest absolute Gasteiger partial charge is 0.496 e. The number of ether oxygens (including phenoxy) is 1. The molecule has 1 N–H and O–H groups in total.